The second-order valence-corrected chi connectivity index (χ2v) is 8.98. The highest BCUT2D eigenvalue weighted by Gasteiger charge is 2.34. The number of carbonyl (C=O) groups excluding carboxylic acids is 1. The van der Waals surface area contributed by atoms with Crippen LogP contribution >= 0.6 is 0 Å². The standard InChI is InChI=1S/C25H24F3N7O3/c1-12(29)21-20(22(36)32-13-10-14(11-13)33-24-30-8-3-9-31-24)35-23(38-21)16-4-6-17(37-2)19-15(16)5-7-18(34-19)25(26,27)28/h3-9,12-14H,10-11,29H2,1-2H3,(H,32,36)(H,30,31,33)/t12-,13?,14?/m0/s1. The number of nitrogens with one attached hydrogen (secondary N) is 2. The zero-order valence-electron chi connectivity index (χ0n) is 20.4. The Labute approximate surface area is 214 Å². The molecule has 0 bridgehead atoms. The molecule has 4 aromatic rings. The van der Waals surface area contributed by atoms with Crippen molar-refractivity contribution in [1.82, 2.24) is 25.3 Å². The van der Waals surface area contributed by atoms with E-state index >= 15 is 0 Å². The van der Waals surface area contributed by atoms with E-state index in [1.165, 1.54) is 19.2 Å². The average molecular weight is 528 g/mol. The molecule has 4 N–H and O–H groups in total. The number of nitrogens with zero attached hydrogens (tertiary/aromatic N) is 4. The summed E-state index contributed by atoms with van der Waals surface area (Å²) >= 11 is 0. The predicted molar refractivity (Wildman–Crippen MR) is 131 cm³/mol. The van der Waals surface area contributed by atoms with E-state index in [9.17, 15) is 18.0 Å². The van der Waals surface area contributed by atoms with E-state index in [1.54, 1.807) is 31.5 Å². The summed E-state index contributed by atoms with van der Waals surface area (Å²) in [6, 6.07) is 6.28. The summed E-state index contributed by atoms with van der Waals surface area (Å²) in [5, 5.41) is 6.45. The van der Waals surface area contributed by atoms with Gasteiger partial charge in [-0.25, -0.2) is 19.9 Å². The van der Waals surface area contributed by atoms with Crippen LogP contribution in [0.3, 0.4) is 0 Å². The zero-order chi connectivity index (χ0) is 27.0. The first-order chi connectivity index (χ1) is 18.1. The van der Waals surface area contributed by atoms with Crippen molar-refractivity contribution in [3.05, 3.63) is 59.9 Å². The monoisotopic (exact) mass is 527 g/mol. The third-order valence-corrected chi connectivity index (χ3v) is 6.22. The molecule has 0 unspecified atom stereocenters. The van der Waals surface area contributed by atoms with Crippen LogP contribution in [0.25, 0.3) is 22.4 Å². The molecule has 1 aliphatic rings. The lowest BCUT2D eigenvalue weighted by Gasteiger charge is -2.36. The normalized spacial score (nSPS) is 18.1. The van der Waals surface area contributed by atoms with E-state index in [0.29, 0.717) is 29.7 Å². The number of benzene rings is 1. The van der Waals surface area contributed by atoms with Gasteiger partial charge in [0.1, 0.15) is 17.0 Å². The number of pyridine rings is 1. The number of rotatable bonds is 7. The van der Waals surface area contributed by atoms with E-state index in [1.807, 2.05) is 0 Å². The highest BCUT2D eigenvalue weighted by molar-refractivity contribution is 5.98. The lowest BCUT2D eigenvalue weighted by Crippen LogP contribution is -2.50. The number of hydrogen-bond donors (Lipinski definition) is 3. The van der Waals surface area contributed by atoms with Crippen molar-refractivity contribution in [3.8, 4) is 17.2 Å². The molecule has 0 radical (unpaired) electrons. The Kier molecular flexibility index (Phi) is 6.61. The van der Waals surface area contributed by atoms with E-state index in [-0.39, 0.29) is 40.7 Å². The second-order valence-electron chi connectivity index (χ2n) is 8.98. The smallest absolute Gasteiger partial charge is 0.433 e. The van der Waals surface area contributed by atoms with Gasteiger partial charge in [0.2, 0.25) is 11.8 Å². The molecule has 1 amide bonds. The summed E-state index contributed by atoms with van der Waals surface area (Å²) in [6.45, 7) is 1.65. The zero-order valence-corrected chi connectivity index (χ0v) is 20.4. The molecule has 13 heteroatoms. The molecule has 3 aromatic heterocycles. The maximum atomic E-state index is 13.3. The van der Waals surface area contributed by atoms with Crippen molar-refractivity contribution in [2.75, 3.05) is 12.4 Å². The van der Waals surface area contributed by atoms with Gasteiger partial charge in [0.25, 0.3) is 5.91 Å². The maximum absolute atomic E-state index is 13.3. The second kappa shape index (κ2) is 9.89. The molecule has 1 fully saturated rings. The summed E-state index contributed by atoms with van der Waals surface area (Å²) in [5.74, 6) is 0.410. The van der Waals surface area contributed by atoms with Gasteiger partial charge in [-0.3, -0.25) is 4.79 Å². The van der Waals surface area contributed by atoms with Crippen molar-refractivity contribution in [2.45, 2.75) is 44.1 Å². The summed E-state index contributed by atoms with van der Waals surface area (Å²) in [6.07, 6.45) is -0.0166. The molecule has 1 aromatic carbocycles. The van der Waals surface area contributed by atoms with Gasteiger partial charge in [-0.05, 0) is 50.1 Å². The molecule has 3 heterocycles. The summed E-state index contributed by atoms with van der Waals surface area (Å²) in [7, 11) is 1.34. The van der Waals surface area contributed by atoms with E-state index < -0.39 is 23.8 Å². The van der Waals surface area contributed by atoms with Crippen LogP contribution in [0.4, 0.5) is 19.1 Å². The Bertz CT molecular complexity index is 1470. The fourth-order valence-corrected chi connectivity index (χ4v) is 4.28. The molecule has 1 saturated carbocycles. The van der Waals surface area contributed by atoms with Gasteiger partial charge in [-0.15, -0.1) is 0 Å². The predicted octanol–water partition coefficient (Wildman–Crippen LogP) is 4.10. The van der Waals surface area contributed by atoms with Crippen LogP contribution in [0.5, 0.6) is 5.75 Å². The number of alkyl halides is 3. The van der Waals surface area contributed by atoms with Crippen LogP contribution in [0.15, 0.2) is 47.1 Å². The summed E-state index contributed by atoms with van der Waals surface area (Å²) < 4.78 is 50.9. The van der Waals surface area contributed by atoms with Gasteiger partial charge >= 0.3 is 6.18 Å². The third kappa shape index (κ3) is 4.96. The molecule has 1 aliphatic carbocycles. The first kappa shape index (κ1) is 25.4. The molecule has 0 spiro atoms. The van der Waals surface area contributed by atoms with E-state index in [2.05, 4.69) is 30.6 Å². The Morgan fingerprint density at radius 1 is 1.13 bits per heavy atom. The summed E-state index contributed by atoms with van der Waals surface area (Å²) in [4.78, 5) is 29.5. The van der Waals surface area contributed by atoms with Crippen LogP contribution < -0.4 is 21.1 Å². The van der Waals surface area contributed by atoms with Crippen LogP contribution in [-0.4, -0.2) is 45.0 Å². The topological polar surface area (TPSA) is 141 Å². The number of nitrogens with two attached hydrogens (primary N) is 1. The van der Waals surface area contributed by atoms with Crippen molar-refractivity contribution in [2.24, 2.45) is 5.73 Å². The quantitative estimate of drug-likeness (QED) is 0.324. The largest absolute Gasteiger partial charge is 0.494 e. The van der Waals surface area contributed by atoms with Crippen LogP contribution in [-0.2, 0) is 6.18 Å². The number of fused-ring (bicyclic) bond motifs is 1. The van der Waals surface area contributed by atoms with Gasteiger partial charge in [-0.1, -0.05) is 0 Å². The number of hydrogen-bond acceptors (Lipinski definition) is 9. The number of carbonyl (C=O) groups is 1. The van der Waals surface area contributed by atoms with Crippen molar-refractivity contribution in [3.63, 3.8) is 0 Å². The number of oxazole rings is 1. The number of anilines is 1. The van der Waals surface area contributed by atoms with Gasteiger partial charge in [0.05, 0.1) is 13.2 Å². The minimum atomic E-state index is -4.63. The molecule has 0 saturated heterocycles. The third-order valence-electron chi connectivity index (χ3n) is 6.22. The first-order valence-corrected chi connectivity index (χ1v) is 11.8. The summed E-state index contributed by atoms with van der Waals surface area (Å²) in [5.41, 5.74) is 5.35. The van der Waals surface area contributed by atoms with E-state index in [0.717, 1.165) is 6.07 Å². The number of amides is 1. The van der Waals surface area contributed by atoms with Crippen LogP contribution in [0.1, 0.15) is 47.7 Å². The number of aromatic nitrogens is 4. The molecule has 10 nitrogen and oxygen atoms in total. The molecule has 1 atom stereocenters. The molecule has 38 heavy (non-hydrogen) atoms. The van der Waals surface area contributed by atoms with Gasteiger partial charge in [0, 0.05) is 35.4 Å². The Hall–Kier alpha value is -4.26. The van der Waals surface area contributed by atoms with Gasteiger partial charge < -0.3 is 25.5 Å². The Morgan fingerprint density at radius 3 is 2.53 bits per heavy atom. The van der Waals surface area contributed by atoms with Crippen LogP contribution in [0, 0.1) is 0 Å². The highest BCUT2D eigenvalue weighted by atomic mass is 19.4. The van der Waals surface area contributed by atoms with Crippen molar-refractivity contribution < 1.29 is 27.1 Å². The highest BCUT2D eigenvalue weighted by Crippen LogP contribution is 2.37. The maximum Gasteiger partial charge on any atom is 0.433 e. The molecule has 0 aliphatic heterocycles. The lowest BCUT2D eigenvalue weighted by atomic mass is 9.86. The Balaban J connectivity index is 1.40. The molecular weight excluding hydrogens is 503 g/mol. The van der Waals surface area contributed by atoms with Crippen molar-refractivity contribution >= 4 is 22.8 Å². The Morgan fingerprint density at radius 2 is 1.87 bits per heavy atom. The minimum absolute atomic E-state index is 0.0122. The molecular formula is C25H24F3N7O3. The fourth-order valence-electron chi connectivity index (χ4n) is 4.28. The molecule has 198 valence electrons. The number of methoxy groups -OCH3 is 1. The fraction of sp³-hybridized carbons (Fsp3) is 0.320. The first-order valence-electron chi connectivity index (χ1n) is 11.8. The van der Waals surface area contributed by atoms with Gasteiger partial charge in [-0.2, -0.15) is 13.2 Å². The number of ether oxygens (including phenoxy) is 1. The van der Waals surface area contributed by atoms with E-state index in [4.69, 9.17) is 14.9 Å². The van der Waals surface area contributed by atoms with Crippen LogP contribution in [0.2, 0.25) is 0 Å². The molecule has 5 rings (SSSR count). The lowest BCUT2D eigenvalue weighted by molar-refractivity contribution is -0.140. The number of halogens is 3. The minimum Gasteiger partial charge on any atom is -0.494 e. The van der Waals surface area contributed by atoms with Gasteiger partial charge in [0.15, 0.2) is 11.5 Å². The SMILES string of the molecule is COc1ccc(-c2nc(C(=O)NC3CC(Nc4ncccn4)C3)c([C@H](C)N)o2)c2ccc(C(F)(F)F)nc12. The average Bonchev–Trinajstić information content (AvgIpc) is 3.32. The van der Waals surface area contributed by atoms with Crippen molar-refractivity contribution in [1.29, 1.82) is 0 Å².